The molecule has 1 saturated carbocycles. The number of hydrogen-bond acceptors (Lipinski definition) is 5. The molecule has 1 atom stereocenters. The van der Waals surface area contributed by atoms with E-state index in [1.165, 1.54) is 0 Å². The van der Waals surface area contributed by atoms with Crippen molar-refractivity contribution in [3.8, 4) is 0 Å². The molecule has 1 N–H and O–H groups in total. The maximum Gasteiger partial charge on any atom is 0.307 e. The molecule has 0 radical (unpaired) electrons. The molecule has 1 amide bonds. The van der Waals surface area contributed by atoms with Crippen LogP contribution in [0.25, 0.3) is 0 Å². The van der Waals surface area contributed by atoms with Gasteiger partial charge in [-0.25, -0.2) is 8.42 Å². The van der Waals surface area contributed by atoms with Crippen LogP contribution in [0, 0.1) is 11.3 Å². The summed E-state index contributed by atoms with van der Waals surface area (Å²) in [6.45, 7) is 1.40. The lowest BCUT2D eigenvalue weighted by Gasteiger charge is -2.34. The fourth-order valence-corrected chi connectivity index (χ4v) is 4.88. The minimum absolute atomic E-state index is 0.0644. The van der Waals surface area contributed by atoms with Crippen LogP contribution in [0.4, 0.5) is 0 Å². The highest BCUT2D eigenvalue weighted by atomic mass is 32.2. The van der Waals surface area contributed by atoms with Gasteiger partial charge in [0.1, 0.15) is 5.84 Å². The van der Waals surface area contributed by atoms with E-state index in [4.69, 9.17) is 5.11 Å². The lowest BCUT2D eigenvalue weighted by Crippen LogP contribution is -2.42. The van der Waals surface area contributed by atoms with Gasteiger partial charge in [-0.05, 0) is 36.8 Å². The summed E-state index contributed by atoms with van der Waals surface area (Å²) in [6, 6.07) is 0. The van der Waals surface area contributed by atoms with Gasteiger partial charge in [-0.1, -0.05) is 0 Å². The zero-order valence-corrected chi connectivity index (χ0v) is 14.4. The Kier molecular flexibility index (Phi) is 3.54. The quantitative estimate of drug-likeness (QED) is 0.749. The van der Waals surface area contributed by atoms with Crippen LogP contribution < -0.4 is 0 Å². The molecule has 0 aromatic rings. The number of sulfonamides is 1. The third-order valence-corrected chi connectivity index (χ3v) is 6.77. The van der Waals surface area contributed by atoms with Crippen LogP contribution in [0.1, 0.15) is 19.3 Å². The van der Waals surface area contributed by atoms with Gasteiger partial charge in [0.2, 0.25) is 0 Å². The first kappa shape index (κ1) is 16.3. The first-order valence-electron chi connectivity index (χ1n) is 8.31. The number of amides is 1. The van der Waals surface area contributed by atoms with Gasteiger partial charge in [0, 0.05) is 25.8 Å². The summed E-state index contributed by atoms with van der Waals surface area (Å²) in [4.78, 5) is 27.3. The molecule has 8 nitrogen and oxygen atoms in total. The van der Waals surface area contributed by atoms with Crippen LogP contribution in [-0.4, -0.2) is 66.4 Å². The third kappa shape index (κ3) is 2.86. The Bertz CT molecular complexity index is 834. The lowest BCUT2D eigenvalue weighted by molar-refractivity contribution is -0.139. The average Bonchev–Trinajstić information content (AvgIpc) is 3.28. The molecule has 134 valence electrons. The molecule has 1 saturated heterocycles. The number of hydrogen-bond donors (Lipinski definition) is 1. The van der Waals surface area contributed by atoms with E-state index in [2.05, 4.69) is 4.40 Å². The summed E-state index contributed by atoms with van der Waals surface area (Å²) in [5.74, 6) is -0.823. The van der Waals surface area contributed by atoms with Crippen LogP contribution in [0.15, 0.2) is 28.3 Å². The Balaban J connectivity index is 1.43. The second-order valence-electron chi connectivity index (χ2n) is 7.10. The predicted molar refractivity (Wildman–Crippen MR) is 89.1 cm³/mol. The minimum atomic E-state index is -3.41. The van der Waals surface area contributed by atoms with E-state index in [0.29, 0.717) is 24.5 Å². The molecule has 3 aliphatic heterocycles. The molecule has 4 aliphatic rings. The maximum atomic E-state index is 12.7. The van der Waals surface area contributed by atoms with E-state index in [1.54, 1.807) is 28.2 Å². The van der Waals surface area contributed by atoms with Gasteiger partial charge in [-0.3, -0.25) is 9.59 Å². The number of amidine groups is 1. The largest absolute Gasteiger partial charge is 0.481 e. The first-order valence-corrected chi connectivity index (χ1v) is 9.92. The maximum absolute atomic E-state index is 12.7. The van der Waals surface area contributed by atoms with Crippen LogP contribution in [0.5, 0.6) is 0 Å². The summed E-state index contributed by atoms with van der Waals surface area (Å²) in [5.41, 5.74) is 0.389. The number of likely N-dealkylation sites (tertiary alicyclic amines) is 1. The molecule has 1 aliphatic carbocycles. The molecular formula is C16H19N3O5S. The van der Waals surface area contributed by atoms with Gasteiger partial charge >= 0.3 is 5.97 Å². The highest BCUT2D eigenvalue weighted by Gasteiger charge is 2.59. The Labute approximate surface area is 145 Å². The van der Waals surface area contributed by atoms with E-state index in [1.807, 2.05) is 0 Å². The number of aliphatic carboxylic acids is 1. The van der Waals surface area contributed by atoms with Gasteiger partial charge in [0.05, 0.1) is 17.2 Å². The number of carbonyl (C=O) groups is 2. The van der Waals surface area contributed by atoms with Gasteiger partial charge in [0.25, 0.3) is 15.9 Å². The molecule has 1 spiro atoms. The Morgan fingerprint density at radius 3 is 2.56 bits per heavy atom. The van der Waals surface area contributed by atoms with Crippen LogP contribution in [-0.2, 0) is 19.6 Å². The summed E-state index contributed by atoms with van der Waals surface area (Å²) in [7, 11) is -3.41. The van der Waals surface area contributed by atoms with Crippen LogP contribution >= 0.6 is 0 Å². The van der Waals surface area contributed by atoms with E-state index >= 15 is 0 Å². The molecule has 2 fully saturated rings. The van der Waals surface area contributed by atoms with Gasteiger partial charge < -0.3 is 14.9 Å². The molecule has 1 unspecified atom stereocenters. The van der Waals surface area contributed by atoms with Crippen LogP contribution in [0.3, 0.4) is 0 Å². The molecular weight excluding hydrogens is 346 g/mol. The molecule has 0 aromatic heterocycles. The summed E-state index contributed by atoms with van der Waals surface area (Å²) >= 11 is 0. The van der Waals surface area contributed by atoms with E-state index < -0.39 is 16.0 Å². The topological polar surface area (TPSA) is 107 Å². The number of carboxylic acid groups (broad SMARTS) is 1. The smallest absolute Gasteiger partial charge is 0.307 e. The van der Waals surface area contributed by atoms with Crippen molar-refractivity contribution in [2.45, 2.75) is 19.3 Å². The Hall–Kier alpha value is -2.16. The predicted octanol–water partition coefficient (Wildman–Crippen LogP) is 0.197. The Morgan fingerprint density at radius 1 is 1.20 bits per heavy atom. The van der Waals surface area contributed by atoms with Gasteiger partial charge in [-0.2, -0.15) is 0 Å². The summed E-state index contributed by atoms with van der Waals surface area (Å²) in [6.07, 6.45) is 6.96. The molecule has 4 rings (SSSR count). The van der Waals surface area contributed by atoms with Crippen molar-refractivity contribution in [3.05, 3.63) is 23.9 Å². The summed E-state index contributed by atoms with van der Waals surface area (Å²) < 4.78 is 26.7. The molecule has 25 heavy (non-hydrogen) atoms. The zero-order valence-electron chi connectivity index (χ0n) is 13.6. The minimum Gasteiger partial charge on any atom is -0.481 e. The van der Waals surface area contributed by atoms with Crippen molar-refractivity contribution in [1.29, 1.82) is 0 Å². The highest BCUT2D eigenvalue weighted by molar-refractivity contribution is 7.90. The number of carbonyl (C=O) groups excluding carboxylic acids is 1. The van der Waals surface area contributed by atoms with Crippen molar-refractivity contribution < 1.29 is 23.1 Å². The van der Waals surface area contributed by atoms with Crippen molar-refractivity contribution in [3.63, 3.8) is 0 Å². The molecule has 0 aromatic carbocycles. The number of fused-ring (bicyclic) bond motifs is 1. The molecule has 9 heteroatoms. The van der Waals surface area contributed by atoms with E-state index in [9.17, 15) is 18.0 Å². The standard InChI is InChI=1S/C16H19N3O5S/c20-14(18-5-3-16(4-6-18)9-12(16)15(21)22)11-1-2-13-17-25(23,24)8-7-19(13)10-11/h1-2,10,12H,3-9H2,(H,21,22). The Morgan fingerprint density at radius 2 is 1.92 bits per heavy atom. The summed E-state index contributed by atoms with van der Waals surface area (Å²) in [5, 5.41) is 9.14. The molecule has 0 bridgehead atoms. The number of piperidine rings is 1. The van der Waals surface area contributed by atoms with Gasteiger partial charge in [-0.15, -0.1) is 4.40 Å². The van der Waals surface area contributed by atoms with E-state index in [0.717, 1.165) is 19.3 Å². The van der Waals surface area contributed by atoms with Crippen LogP contribution in [0.2, 0.25) is 0 Å². The van der Waals surface area contributed by atoms with Gasteiger partial charge in [0.15, 0.2) is 0 Å². The second kappa shape index (κ2) is 5.42. The number of nitrogens with zero attached hydrogens (tertiary/aromatic N) is 3. The monoisotopic (exact) mass is 365 g/mol. The SMILES string of the molecule is O=C(O)C1CC12CCN(C(=O)C1=CN3CCS(=O)(=O)N=C3C=C1)CC2. The number of carboxylic acids is 1. The third-order valence-electron chi connectivity index (χ3n) is 5.61. The van der Waals surface area contributed by atoms with E-state index in [-0.39, 0.29) is 29.5 Å². The second-order valence-corrected chi connectivity index (χ2v) is 8.85. The zero-order chi connectivity index (χ0) is 17.8. The van der Waals surface area contributed by atoms with Crippen molar-refractivity contribution in [2.24, 2.45) is 15.7 Å². The highest BCUT2D eigenvalue weighted by Crippen LogP contribution is 2.59. The normalized spacial score (nSPS) is 28.9. The number of rotatable bonds is 2. The van der Waals surface area contributed by atoms with Crippen molar-refractivity contribution >= 4 is 27.7 Å². The fourth-order valence-electron chi connectivity index (χ4n) is 3.91. The average molecular weight is 365 g/mol. The van der Waals surface area contributed by atoms with Crippen molar-refractivity contribution in [2.75, 3.05) is 25.4 Å². The van der Waals surface area contributed by atoms with Crippen molar-refractivity contribution in [1.82, 2.24) is 9.80 Å². The lowest BCUT2D eigenvalue weighted by atomic mass is 9.90. The fraction of sp³-hybridized carbons (Fsp3) is 0.562. The first-order chi connectivity index (χ1) is 11.8. The molecule has 3 heterocycles.